The highest BCUT2D eigenvalue weighted by Gasteiger charge is 2.32. The van der Waals surface area contributed by atoms with Crippen molar-refractivity contribution in [1.29, 1.82) is 0 Å². The van der Waals surface area contributed by atoms with Crippen molar-refractivity contribution in [1.82, 2.24) is 4.90 Å². The predicted octanol–water partition coefficient (Wildman–Crippen LogP) is 3.38. The molecule has 1 aliphatic rings. The Hall–Kier alpha value is -1.85. The van der Waals surface area contributed by atoms with Crippen molar-refractivity contribution in [2.24, 2.45) is 5.92 Å². The minimum absolute atomic E-state index is 0.0459. The first kappa shape index (κ1) is 17.5. The van der Waals surface area contributed by atoms with Crippen LogP contribution in [0, 0.1) is 5.92 Å². The standard InChI is InChI=1S/C17H20F3NO2/c18-17(19,20)9-8-16(23)21-10-4-7-14(12-21)15(22)11-13-5-2-1-3-6-13/h1-3,5-6,14H,4,7-12H2/t14-/m1/s1. The molecule has 0 aromatic heterocycles. The lowest BCUT2D eigenvalue weighted by Crippen LogP contribution is -2.42. The SMILES string of the molecule is O=C(Cc1ccccc1)[C@@H]1CCCN(C(=O)CCC(F)(F)F)C1. The number of hydrogen-bond acceptors (Lipinski definition) is 2. The molecule has 0 saturated carbocycles. The van der Waals surface area contributed by atoms with E-state index in [9.17, 15) is 22.8 Å². The van der Waals surface area contributed by atoms with Crippen LogP contribution in [-0.2, 0) is 16.0 Å². The molecule has 0 spiro atoms. The number of halogens is 3. The lowest BCUT2D eigenvalue weighted by atomic mass is 9.90. The molecule has 0 radical (unpaired) electrons. The number of ketones is 1. The van der Waals surface area contributed by atoms with Crippen LogP contribution in [0.4, 0.5) is 13.2 Å². The molecule has 0 bridgehead atoms. The predicted molar refractivity (Wildman–Crippen MR) is 79.7 cm³/mol. The van der Waals surface area contributed by atoms with Gasteiger partial charge in [0.25, 0.3) is 0 Å². The maximum atomic E-state index is 12.3. The smallest absolute Gasteiger partial charge is 0.342 e. The van der Waals surface area contributed by atoms with Crippen LogP contribution in [0.1, 0.15) is 31.2 Å². The van der Waals surface area contributed by atoms with Crippen molar-refractivity contribution in [3.8, 4) is 0 Å². The average molecular weight is 327 g/mol. The van der Waals surface area contributed by atoms with Gasteiger partial charge < -0.3 is 4.90 Å². The third-order valence-corrected chi connectivity index (χ3v) is 4.07. The molecular formula is C17H20F3NO2. The van der Waals surface area contributed by atoms with Crippen molar-refractivity contribution >= 4 is 11.7 Å². The minimum atomic E-state index is -4.33. The molecule has 6 heteroatoms. The van der Waals surface area contributed by atoms with Gasteiger partial charge in [-0.15, -0.1) is 0 Å². The fourth-order valence-corrected chi connectivity index (χ4v) is 2.81. The second kappa shape index (κ2) is 7.62. The van der Waals surface area contributed by atoms with Crippen LogP contribution in [0.2, 0.25) is 0 Å². The first-order valence-corrected chi connectivity index (χ1v) is 7.76. The van der Waals surface area contributed by atoms with Gasteiger partial charge in [0.2, 0.25) is 5.91 Å². The van der Waals surface area contributed by atoms with E-state index >= 15 is 0 Å². The molecular weight excluding hydrogens is 307 g/mol. The molecule has 2 rings (SSSR count). The Balaban J connectivity index is 1.87. The molecule has 1 aromatic rings. The molecule has 0 N–H and O–H groups in total. The third kappa shape index (κ3) is 5.69. The molecule has 1 heterocycles. The Kier molecular flexibility index (Phi) is 5.80. The summed E-state index contributed by atoms with van der Waals surface area (Å²) in [6.07, 6.45) is -4.32. The van der Waals surface area contributed by atoms with Gasteiger partial charge >= 0.3 is 6.18 Å². The number of Topliss-reactive ketones (excluding diaryl/α,β-unsaturated/α-hetero) is 1. The number of piperidine rings is 1. The largest absolute Gasteiger partial charge is 0.389 e. The number of likely N-dealkylation sites (tertiary alicyclic amines) is 1. The molecule has 1 aliphatic heterocycles. The van der Waals surface area contributed by atoms with Gasteiger partial charge in [-0.05, 0) is 18.4 Å². The van der Waals surface area contributed by atoms with Gasteiger partial charge in [0.1, 0.15) is 5.78 Å². The van der Waals surface area contributed by atoms with Crippen molar-refractivity contribution in [2.45, 2.75) is 38.3 Å². The zero-order valence-electron chi connectivity index (χ0n) is 12.8. The number of rotatable bonds is 5. The van der Waals surface area contributed by atoms with Crippen LogP contribution >= 0.6 is 0 Å². The first-order chi connectivity index (χ1) is 10.8. The zero-order valence-corrected chi connectivity index (χ0v) is 12.8. The van der Waals surface area contributed by atoms with E-state index in [1.165, 1.54) is 4.90 Å². The molecule has 1 amide bonds. The van der Waals surface area contributed by atoms with E-state index < -0.39 is 24.9 Å². The second-order valence-electron chi connectivity index (χ2n) is 5.92. The number of nitrogens with zero attached hydrogens (tertiary/aromatic N) is 1. The number of hydrogen-bond donors (Lipinski definition) is 0. The quantitative estimate of drug-likeness (QED) is 0.831. The van der Waals surface area contributed by atoms with Gasteiger partial charge in [0, 0.05) is 31.8 Å². The Labute approximate surface area is 133 Å². The van der Waals surface area contributed by atoms with Crippen LogP contribution in [-0.4, -0.2) is 35.9 Å². The van der Waals surface area contributed by atoms with Crippen LogP contribution in [0.3, 0.4) is 0 Å². The van der Waals surface area contributed by atoms with Crippen LogP contribution in [0.25, 0.3) is 0 Å². The summed E-state index contributed by atoms with van der Waals surface area (Å²) in [6.45, 7) is 0.675. The average Bonchev–Trinajstić information content (AvgIpc) is 2.53. The lowest BCUT2D eigenvalue weighted by Gasteiger charge is -2.32. The minimum Gasteiger partial charge on any atom is -0.342 e. The highest BCUT2D eigenvalue weighted by Crippen LogP contribution is 2.24. The summed E-state index contributed by atoms with van der Waals surface area (Å²) in [5.41, 5.74) is 0.915. The fraction of sp³-hybridized carbons (Fsp3) is 0.529. The van der Waals surface area contributed by atoms with Gasteiger partial charge in [-0.3, -0.25) is 9.59 Å². The molecule has 1 saturated heterocycles. The summed E-state index contributed by atoms with van der Waals surface area (Å²) < 4.78 is 36.6. The van der Waals surface area contributed by atoms with Crippen LogP contribution in [0.5, 0.6) is 0 Å². The normalized spacial score (nSPS) is 18.7. The van der Waals surface area contributed by atoms with Crippen molar-refractivity contribution in [3.63, 3.8) is 0 Å². The zero-order chi connectivity index (χ0) is 16.9. The van der Waals surface area contributed by atoms with Gasteiger partial charge in [-0.25, -0.2) is 0 Å². The summed E-state index contributed by atoms with van der Waals surface area (Å²) in [5, 5.41) is 0. The Morgan fingerprint density at radius 1 is 1.17 bits per heavy atom. The number of amides is 1. The topological polar surface area (TPSA) is 37.4 Å². The highest BCUT2D eigenvalue weighted by molar-refractivity contribution is 5.84. The van der Waals surface area contributed by atoms with E-state index in [-0.39, 0.29) is 18.2 Å². The van der Waals surface area contributed by atoms with Gasteiger partial charge in [-0.1, -0.05) is 30.3 Å². The summed E-state index contributed by atoms with van der Waals surface area (Å²) in [4.78, 5) is 25.6. The first-order valence-electron chi connectivity index (χ1n) is 7.76. The molecule has 23 heavy (non-hydrogen) atoms. The van der Waals surface area contributed by atoms with E-state index in [1.54, 1.807) is 0 Å². The maximum absolute atomic E-state index is 12.3. The van der Waals surface area contributed by atoms with E-state index in [0.29, 0.717) is 25.8 Å². The Morgan fingerprint density at radius 3 is 2.52 bits per heavy atom. The Bertz CT molecular complexity index is 543. The summed E-state index contributed by atoms with van der Waals surface area (Å²) in [5.74, 6) is -0.747. The third-order valence-electron chi connectivity index (χ3n) is 4.07. The maximum Gasteiger partial charge on any atom is 0.389 e. The number of carbonyl (C=O) groups is 2. The Morgan fingerprint density at radius 2 is 1.87 bits per heavy atom. The second-order valence-corrected chi connectivity index (χ2v) is 5.92. The van der Waals surface area contributed by atoms with E-state index in [0.717, 1.165) is 5.56 Å². The monoisotopic (exact) mass is 327 g/mol. The van der Waals surface area contributed by atoms with Gasteiger partial charge in [0.05, 0.1) is 6.42 Å². The van der Waals surface area contributed by atoms with Gasteiger partial charge in [-0.2, -0.15) is 13.2 Å². The molecule has 1 atom stereocenters. The molecule has 1 fully saturated rings. The lowest BCUT2D eigenvalue weighted by molar-refractivity contribution is -0.150. The number of carbonyl (C=O) groups excluding carboxylic acids is 2. The van der Waals surface area contributed by atoms with Crippen molar-refractivity contribution < 1.29 is 22.8 Å². The van der Waals surface area contributed by atoms with E-state index in [4.69, 9.17) is 0 Å². The molecule has 3 nitrogen and oxygen atoms in total. The summed E-state index contributed by atoms with van der Waals surface area (Å²) >= 11 is 0. The van der Waals surface area contributed by atoms with Crippen LogP contribution in [0.15, 0.2) is 30.3 Å². The molecule has 0 unspecified atom stereocenters. The molecule has 0 aliphatic carbocycles. The van der Waals surface area contributed by atoms with Gasteiger partial charge in [0.15, 0.2) is 0 Å². The molecule has 1 aromatic carbocycles. The van der Waals surface area contributed by atoms with E-state index in [1.807, 2.05) is 30.3 Å². The number of benzene rings is 1. The van der Waals surface area contributed by atoms with Crippen molar-refractivity contribution in [3.05, 3.63) is 35.9 Å². The van der Waals surface area contributed by atoms with Crippen LogP contribution < -0.4 is 0 Å². The molecule has 126 valence electrons. The summed E-state index contributed by atoms with van der Waals surface area (Å²) in [7, 11) is 0. The highest BCUT2D eigenvalue weighted by atomic mass is 19.4. The van der Waals surface area contributed by atoms with E-state index in [2.05, 4.69) is 0 Å². The summed E-state index contributed by atoms with van der Waals surface area (Å²) in [6, 6.07) is 9.32. The fourth-order valence-electron chi connectivity index (χ4n) is 2.81. The number of alkyl halides is 3. The van der Waals surface area contributed by atoms with Crippen molar-refractivity contribution in [2.75, 3.05) is 13.1 Å².